The first-order chi connectivity index (χ1) is 31.0. The number of nitrogens with zero attached hydrogens (tertiary/aromatic N) is 4. The summed E-state index contributed by atoms with van der Waals surface area (Å²) in [7, 11) is 0. The second kappa shape index (κ2) is 26.1. The lowest BCUT2D eigenvalue weighted by Crippen LogP contribution is -2.10. The highest BCUT2D eigenvalue weighted by molar-refractivity contribution is 6.02. The number of nitriles is 1. The van der Waals surface area contributed by atoms with E-state index in [1.807, 2.05) is 6.07 Å². The van der Waals surface area contributed by atoms with Gasteiger partial charge in [0.1, 0.15) is 34.6 Å². The molecule has 0 aliphatic heterocycles. The van der Waals surface area contributed by atoms with E-state index in [0.29, 0.717) is 72.9 Å². The maximum absolute atomic E-state index is 12.8. The van der Waals surface area contributed by atoms with E-state index in [4.69, 9.17) is 35.0 Å². The second-order valence-corrected chi connectivity index (χ2v) is 13.5. The van der Waals surface area contributed by atoms with Crippen LogP contribution in [0.3, 0.4) is 0 Å². The van der Waals surface area contributed by atoms with Crippen molar-refractivity contribution in [2.45, 2.75) is 39.5 Å². The van der Waals surface area contributed by atoms with E-state index in [0.717, 1.165) is 23.3 Å². The number of rotatable bonds is 23. The number of hydrogen-bond donors (Lipinski definition) is 0. The van der Waals surface area contributed by atoms with Crippen LogP contribution in [-0.2, 0) is 28.7 Å². The third-order valence-electron chi connectivity index (χ3n) is 8.80. The fourth-order valence-corrected chi connectivity index (χ4v) is 5.29. The van der Waals surface area contributed by atoms with Crippen LogP contribution in [0.2, 0.25) is 0 Å². The van der Waals surface area contributed by atoms with Crippen molar-refractivity contribution in [2.75, 3.05) is 26.4 Å². The third kappa shape index (κ3) is 16.6. The Hall–Kier alpha value is -8.36. The standard InChI is InChI=1S/C50H46N4O10/c1-6-47(55)61-30-10-8-28-59-42-20-12-37(13-21-42)32-41(34-51)49(57)63-44-24-16-39(17-25-44)35(3)53-54-36(4)40-18-26-45(27-19-40)64-50(58)46(52-5)33-38-14-22-43(23-15-38)60-29-9-11-31-62-48(56)7-2/h6-7,12-27,32-33H,1-2,8-11,28-31H2,3-4H3/b41-32+,46-33-,53-35-,54-36-. The van der Waals surface area contributed by atoms with Crippen molar-refractivity contribution in [3.8, 4) is 29.1 Å². The molecule has 14 heteroatoms. The molecule has 4 aromatic carbocycles. The maximum Gasteiger partial charge on any atom is 0.354 e. The molecule has 0 atom stereocenters. The van der Waals surface area contributed by atoms with Crippen LogP contribution in [-0.4, -0.2) is 61.7 Å². The second-order valence-electron chi connectivity index (χ2n) is 13.5. The van der Waals surface area contributed by atoms with Crippen molar-refractivity contribution >= 4 is 47.5 Å². The molecular weight excluding hydrogens is 817 g/mol. The molecule has 0 N–H and O–H groups in total. The van der Waals surface area contributed by atoms with Crippen LogP contribution in [0, 0.1) is 17.9 Å². The molecule has 0 unspecified atom stereocenters. The zero-order valence-corrected chi connectivity index (χ0v) is 35.5. The Balaban J connectivity index is 1.24. The topological polar surface area (TPSA) is 177 Å². The van der Waals surface area contributed by atoms with Crippen molar-refractivity contribution < 1.29 is 47.6 Å². The van der Waals surface area contributed by atoms with E-state index >= 15 is 0 Å². The monoisotopic (exact) mass is 862 g/mol. The molecule has 0 spiro atoms. The van der Waals surface area contributed by atoms with E-state index in [9.17, 15) is 24.4 Å². The summed E-state index contributed by atoms with van der Waals surface area (Å²) in [5.74, 6) is -0.830. The first-order valence-corrected chi connectivity index (χ1v) is 20.0. The van der Waals surface area contributed by atoms with Gasteiger partial charge in [0.05, 0.1) is 44.4 Å². The molecule has 0 aliphatic rings. The number of ether oxygens (including phenoxy) is 6. The number of hydrogen-bond acceptors (Lipinski definition) is 13. The maximum atomic E-state index is 12.8. The zero-order valence-electron chi connectivity index (χ0n) is 35.5. The first kappa shape index (κ1) is 48.3. The van der Waals surface area contributed by atoms with Gasteiger partial charge in [-0.3, -0.25) is 4.79 Å². The van der Waals surface area contributed by atoms with Gasteiger partial charge in [-0.1, -0.05) is 37.4 Å². The van der Waals surface area contributed by atoms with Crippen molar-refractivity contribution in [1.29, 1.82) is 5.26 Å². The molecule has 64 heavy (non-hydrogen) atoms. The lowest BCUT2D eigenvalue weighted by atomic mass is 10.1. The van der Waals surface area contributed by atoms with Crippen LogP contribution in [0.15, 0.2) is 144 Å². The van der Waals surface area contributed by atoms with E-state index in [1.54, 1.807) is 111 Å². The Bertz CT molecular complexity index is 2300. The molecule has 0 aromatic heterocycles. The molecule has 0 aliphatic carbocycles. The Morgan fingerprint density at radius 3 is 1.39 bits per heavy atom. The number of benzene rings is 4. The minimum absolute atomic E-state index is 0.188. The van der Waals surface area contributed by atoms with Crippen molar-refractivity contribution in [2.24, 2.45) is 10.2 Å². The quantitative estimate of drug-likeness (QED) is 0.0102. The van der Waals surface area contributed by atoms with Crippen LogP contribution in [0.1, 0.15) is 61.8 Å². The van der Waals surface area contributed by atoms with E-state index in [1.165, 1.54) is 12.2 Å². The van der Waals surface area contributed by atoms with Crippen molar-refractivity contribution in [1.82, 2.24) is 0 Å². The average molecular weight is 863 g/mol. The lowest BCUT2D eigenvalue weighted by molar-refractivity contribution is -0.138. The smallest absolute Gasteiger partial charge is 0.354 e. The van der Waals surface area contributed by atoms with Gasteiger partial charge in [-0.25, -0.2) is 19.2 Å². The summed E-state index contributed by atoms with van der Waals surface area (Å²) in [6, 6.07) is 28.9. The highest BCUT2D eigenvalue weighted by Crippen LogP contribution is 2.21. The van der Waals surface area contributed by atoms with Crippen LogP contribution < -0.4 is 18.9 Å². The Morgan fingerprint density at radius 2 is 0.984 bits per heavy atom. The molecule has 4 rings (SSSR count). The molecule has 0 heterocycles. The highest BCUT2D eigenvalue weighted by Gasteiger charge is 2.15. The molecule has 4 aromatic rings. The Morgan fingerprint density at radius 1 is 0.594 bits per heavy atom. The molecule has 0 radical (unpaired) electrons. The largest absolute Gasteiger partial charge is 0.494 e. The van der Waals surface area contributed by atoms with Crippen LogP contribution >= 0.6 is 0 Å². The summed E-state index contributed by atoms with van der Waals surface area (Å²) in [6.07, 6.45) is 7.76. The Kier molecular flexibility index (Phi) is 19.7. The van der Waals surface area contributed by atoms with E-state index in [-0.39, 0.29) is 36.0 Å². The SMILES string of the molecule is [C-]#[N+]/C(=C\c1ccc(OCCCCOC(=O)C=C)cc1)C(=O)Oc1ccc(/C(C)=N\N=C(\C)c2ccc(OC(=O)/C(C#N)=C/c3ccc(OCCCCOC(=O)C=C)cc3)cc2)cc1. The summed E-state index contributed by atoms with van der Waals surface area (Å²) >= 11 is 0. The van der Waals surface area contributed by atoms with Crippen LogP contribution in [0.25, 0.3) is 17.0 Å². The first-order valence-electron chi connectivity index (χ1n) is 20.0. The fraction of sp³-hybridized carbons (Fsp3) is 0.200. The van der Waals surface area contributed by atoms with Gasteiger partial charge in [0, 0.05) is 12.2 Å². The molecule has 14 nitrogen and oxygen atoms in total. The highest BCUT2D eigenvalue weighted by atomic mass is 16.5. The number of carbonyl (C=O) groups excluding carboxylic acids is 4. The Labute approximate surface area is 371 Å². The molecule has 0 saturated carbocycles. The predicted molar refractivity (Wildman–Crippen MR) is 241 cm³/mol. The minimum Gasteiger partial charge on any atom is -0.494 e. The van der Waals surface area contributed by atoms with Gasteiger partial charge in [0.15, 0.2) is 0 Å². The lowest BCUT2D eigenvalue weighted by Gasteiger charge is -2.07. The van der Waals surface area contributed by atoms with Crippen molar-refractivity contribution in [3.63, 3.8) is 0 Å². The summed E-state index contributed by atoms with van der Waals surface area (Å²) in [5.41, 5.74) is 3.45. The normalized spacial score (nSPS) is 11.6. The molecule has 0 amide bonds. The van der Waals surface area contributed by atoms with Gasteiger partial charge in [-0.15, -0.1) is 0 Å². The number of unbranched alkanes of at least 4 members (excludes halogenated alkanes) is 2. The zero-order chi connectivity index (χ0) is 46.1. The molecule has 0 fully saturated rings. The van der Waals surface area contributed by atoms with Gasteiger partial charge in [-0.05, 0) is 147 Å². The molecule has 0 bridgehead atoms. The summed E-state index contributed by atoms with van der Waals surface area (Å²) < 4.78 is 32.2. The van der Waals surface area contributed by atoms with Crippen LogP contribution in [0.5, 0.6) is 23.0 Å². The summed E-state index contributed by atoms with van der Waals surface area (Å²) in [4.78, 5) is 51.2. The van der Waals surface area contributed by atoms with E-state index < -0.39 is 23.9 Å². The summed E-state index contributed by atoms with van der Waals surface area (Å²) in [5, 5.41) is 18.3. The number of esters is 4. The minimum atomic E-state index is -0.813. The number of carbonyl (C=O) groups is 4. The van der Waals surface area contributed by atoms with Gasteiger partial charge >= 0.3 is 23.9 Å². The fourth-order valence-electron chi connectivity index (χ4n) is 5.29. The van der Waals surface area contributed by atoms with Crippen molar-refractivity contribution in [3.05, 3.63) is 167 Å². The van der Waals surface area contributed by atoms with Gasteiger partial charge in [-0.2, -0.15) is 15.5 Å². The summed E-state index contributed by atoms with van der Waals surface area (Å²) in [6.45, 7) is 19.2. The molecular formula is C50H46N4O10. The van der Waals surface area contributed by atoms with Gasteiger partial charge in [0.2, 0.25) is 0 Å². The third-order valence-corrected chi connectivity index (χ3v) is 8.80. The van der Waals surface area contributed by atoms with Gasteiger partial charge < -0.3 is 28.4 Å². The molecule has 0 saturated heterocycles. The van der Waals surface area contributed by atoms with Crippen LogP contribution in [0.4, 0.5) is 0 Å². The van der Waals surface area contributed by atoms with Gasteiger partial charge in [0.25, 0.3) is 5.70 Å². The predicted octanol–water partition coefficient (Wildman–Crippen LogP) is 9.07. The van der Waals surface area contributed by atoms with E-state index in [2.05, 4.69) is 28.2 Å². The average Bonchev–Trinajstić information content (AvgIpc) is 3.32. The molecule has 326 valence electrons.